The SMILES string of the molecule is CC[C@@H](NC(=O)C1CC1)[C@@H]1c2cc(OC)c(OC)cc2CCN1Cc1ccc(F)cc1. The predicted octanol–water partition coefficient (Wildman–Crippen LogP) is 4.25. The Morgan fingerprint density at radius 1 is 1.16 bits per heavy atom. The summed E-state index contributed by atoms with van der Waals surface area (Å²) >= 11 is 0. The molecule has 6 heteroatoms. The topological polar surface area (TPSA) is 50.8 Å². The van der Waals surface area contributed by atoms with E-state index in [0.29, 0.717) is 12.3 Å². The van der Waals surface area contributed by atoms with E-state index >= 15 is 0 Å². The summed E-state index contributed by atoms with van der Waals surface area (Å²) in [7, 11) is 3.29. The molecule has 4 rings (SSSR count). The van der Waals surface area contributed by atoms with Gasteiger partial charge in [0.05, 0.1) is 20.3 Å². The maximum Gasteiger partial charge on any atom is 0.223 e. The zero-order valence-electron chi connectivity index (χ0n) is 18.5. The molecule has 5 nitrogen and oxygen atoms in total. The van der Waals surface area contributed by atoms with Crippen molar-refractivity contribution in [3.8, 4) is 11.5 Å². The van der Waals surface area contributed by atoms with Crippen molar-refractivity contribution in [2.75, 3.05) is 20.8 Å². The van der Waals surface area contributed by atoms with Gasteiger partial charge in [-0.25, -0.2) is 4.39 Å². The maximum atomic E-state index is 13.4. The minimum atomic E-state index is -0.232. The lowest BCUT2D eigenvalue weighted by Crippen LogP contribution is -2.48. The Labute approximate surface area is 183 Å². The smallest absolute Gasteiger partial charge is 0.223 e. The molecule has 1 fully saturated rings. The van der Waals surface area contributed by atoms with Gasteiger partial charge in [-0.3, -0.25) is 9.69 Å². The van der Waals surface area contributed by atoms with Gasteiger partial charge in [-0.15, -0.1) is 0 Å². The van der Waals surface area contributed by atoms with E-state index in [9.17, 15) is 9.18 Å². The van der Waals surface area contributed by atoms with Crippen molar-refractivity contribution >= 4 is 5.91 Å². The van der Waals surface area contributed by atoms with Gasteiger partial charge in [0.2, 0.25) is 5.91 Å². The molecule has 1 N–H and O–H groups in total. The van der Waals surface area contributed by atoms with E-state index < -0.39 is 0 Å². The molecule has 0 bridgehead atoms. The Morgan fingerprint density at radius 3 is 2.45 bits per heavy atom. The fraction of sp³-hybridized carbons (Fsp3) is 0.480. The van der Waals surface area contributed by atoms with Crippen molar-refractivity contribution in [2.24, 2.45) is 5.92 Å². The first-order valence-corrected chi connectivity index (χ1v) is 11.1. The molecule has 0 spiro atoms. The highest BCUT2D eigenvalue weighted by atomic mass is 19.1. The largest absolute Gasteiger partial charge is 0.493 e. The van der Waals surface area contributed by atoms with Gasteiger partial charge in [0.1, 0.15) is 5.82 Å². The molecule has 2 atom stereocenters. The van der Waals surface area contributed by atoms with Gasteiger partial charge in [-0.05, 0) is 66.6 Å². The number of hydrogen-bond acceptors (Lipinski definition) is 4. The van der Waals surface area contributed by atoms with Crippen molar-refractivity contribution in [3.63, 3.8) is 0 Å². The van der Waals surface area contributed by atoms with Crippen LogP contribution in [0.4, 0.5) is 4.39 Å². The number of amides is 1. The number of ether oxygens (including phenoxy) is 2. The number of halogens is 1. The number of rotatable bonds is 8. The number of benzene rings is 2. The second-order valence-corrected chi connectivity index (χ2v) is 8.50. The lowest BCUT2D eigenvalue weighted by molar-refractivity contribution is -0.123. The summed E-state index contributed by atoms with van der Waals surface area (Å²) in [5.74, 6) is 1.50. The summed E-state index contributed by atoms with van der Waals surface area (Å²) in [6.45, 7) is 3.65. The van der Waals surface area contributed by atoms with Crippen LogP contribution in [0.3, 0.4) is 0 Å². The van der Waals surface area contributed by atoms with Crippen molar-refractivity contribution < 1.29 is 18.7 Å². The minimum Gasteiger partial charge on any atom is -0.493 e. The second-order valence-electron chi connectivity index (χ2n) is 8.50. The molecular weight excluding hydrogens is 395 g/mol. The van der Waals surface area contributed by atoms with Crippen LogP contribution in [0.1, 0.15) is 48.9 Å². The Morgan fingerprint density at radius 2 is 1.84 bits per heavy atom. The van der Waals surface area contributed by atoms with Crippen molar-refractivity contribution in [1.29, 1.82) is 0 Å². The third-order valence-electron chi connectivity index (χ3n) is 6.42. The number of carbonyl (C=O) groups is 1. The quantitative estimate of drug-likeness (QED) is 0.686. The maximum absolute atomic E-state index is 13.4. The van der Waals surface area contributed by atoms with Crippen LogP contribution in [0.5, 0.6) is 11.5 Å². The fourth-order valence-corrected chi connectivity index (χ4v) is 4.55. The molecule has 0 aromatic heterocycles. The first-order valence-electron chi connectivity index (χ1n) is 11.1. The average Bonchev–Trinajstić information content (AvgIpc) is 3.63. The molecule has 1 heterocycles. The van der Waals surface area contributed by atoms with Gasteiger partial charge in [0.15, 0.2) is 11.5 Å². The molecule has 166 valence electrons. The van der Waals surface area contributed by atoms with E-state index in [4.69, 9.17) is 9.47 Å². The van der Waals surface area contributed by atoms with Crippen molar-refractivity contribution in [3.05, 3.63) is 58.9 Å². The summed E-state index contributed by atoms with van der Waals surface area (Å²) in [6, 6.07) is 10.8. The summed E-state index contributed by atoms with van der Waals surface area (Å²) in [5.41, 5.74) is 3.43. The number of fused-ring (bicyclic) bond motifs is 1. The van der Waals surface area contributed by atoms with Crippen molar-refractivity contribution in [2.45, 2.75) is 51.2 Å². The normalized spacial score (nSPS) is 19.4. The van der Waals surface area contributed by atoms with Crippen LogP contribution in [0.15, 0.2) is 36.4 Å². The van der Waals surface area contributed by atoms with E-state index in [1.165, 1.54) is 17.7 Å². The van der Waals surface area contributed by atoms with Crippen LogP contribution >= 0.6 is 0 Å². The number of methoxy groups -OCH3 is 2. The number of hydrogen-bond donors (Lipinski definition) is 1. The van der Waals surface area contributed by atoms with Gasteiger partial charge in [-0.1, -0.05) is 19.1 Å². The molecule has 1 aliphatic heterocycles. The highest BCUT2D eigenvalue weighted by Crippen LogP contribution is 2.41. The summed E-state index contributed by atoms with van der Waals surface area (Å²) in [5, 5.41) is 3.32. The number of nitrogens with one attached hydrogen (secondary N) is 1. The van der Waals surface area contributed by atoms with Crippen LogP contribution in [0.25, 0.3) is 0 Å². The molecule has 0 radical (unpaired) electrons. The van der Waals surface area contributed by atoms with Crippen LogP contribution in [-0.4, -0.2) is 37.6 Å². The Bertz CT molecular complexity index is 927. The van der Waals surface area contributed by atoms with E-state index in [1.807, 2.05) is 12.1 Å². The molecule has 1 amide bonds. The average molecular weight is 427 g/mol. The van der Waals surface area contributed by atoms with Crippen LogP contribution in [0.2, 0.25) is 0 Å². The fourth-order valence-electron chi connectivity index (χ4n) is 4.55. The zero-order valence-corrected chi connectivity index (χ0v) is 18.5. The third kappa shape index (κ3) is 4.69. The van der Waals surface area contributed by atoms with Crippen LogP contribution in [-0.2, 0) is 17.8 Å². The summed E-state index contributed by atoms with van der Waals surface area (Å²) in [6.07, 6.45) is 3.65. The summed E-state index contributed by atoms with van der Waals surface area (Å²) < 4.78 is 24.5. The highest BCUT2D eigenvalue weighted by Gasteiger charge is 2.37. The molecule has 0 unspecified atom stereocenters. The monoisotopic (exact) mass is 426 g/mol. The molecule has 1 aliphatic carbocycles. The van der Waals surface area contributed by atoms with E-state index in [-0.39, 0.29) is 29.7 Å². The Kier molecular flexibility index (Phi) is 6.46. The van der Waals surface area contributed by atoms with Gasteiger partial charge >= 0.3 is 0 Å². The van der Waals surface area contributed by atoms with Crippen LogP contribution in [0, 0.1) is 11.7 Å². The lowest BCUT2D eigenvalue weighted by Gasteiger charge is -2.42. The van der Waals surface area contributed by atoms with E-state index in [2.05, 4.69) is 29.3 Å². The molecule has 2 aromatic carbocycles. The van der Waals surface area contributed by atoms with Gasteiger partial charge in [0.25, 0.3) is 0 Å². The molecule has 31 heavy (non-hydrogen) atoms. The van der Waals surface area contributed by atoms with E-state index in [1.54, 1.807) is 14.2 Å². The van der Waals surface area contributed by atoms with Gasteiger partial charge in [-0.2, -0.15) is 0 Å². The molecule has 0 saturated heterocycles. The minimum absolute atomic E-state index is 0.00121. The van der Waals surface area contributed by atoms with Crippen LogP contribution < -0.4 is 14.8 Å². The van der Waals surface area contributed by atoms with E-state index in [0.717, 1.165) is 49.1 Å². The van der Waals surface area contributed by atoms with Gasteiger partial charge in [0, 0.05) is 25.0 Å². The zero-order chi connectivity index (χ0) is 22.0. The second kappa shape index (κ2) is 9.27. The molecular formula is C25H31FN2O3. The first-order chi connectivity index (χ1) is 15.0. The molecule has 1 saturated carbocycles. The molecule has 2 aliphatic rings. The first kappa shape index (κ1) is 21.6. The third-order valence-corrected chi connectivity index (χ3v) is 6.42. The predicted molar refractivity (Wildman–Crippen MR) is 118 cm³/mol. The Hall–Kier alpha value is -2.60. The molecule has 2 aromatic rings. The van der Waals surface area contributed by atoms with Crippen molar-refractivity contribution in [1.82, 2.24) is 10.2 Å². The van der Waals surface area contributed by atoms with Gasteiger partial charge < -0.3 is 14.8 Å². The highest BCUT2D eigenvalue weighted by molar-refractivity contribution is 5.81. The standard InChI is InChI=1S/C25H31FN2O3/c1-4-21(27-25(29)17-7-8-17)24-20-14-23(31-3)22(30-2)13-18(20)11-12-28(24)15-16-5-9-19(26)10-6-16/h5-6,9-10,13-14,17,21,24H,4,7-8,11-12,15H2,1-3H3,(H,27,29)/t21-,24+/m1/s1. The Balaban J connectivity index is 1.70. The number of nitrogens with zero attached hydrogens (tertiary/aromatic N) is 1. The summed E-state index contributed by atoms with van der Waals surface area (Å²) in [4.78, 5) is 15.0. The number of carbonyl (C=O) groups excluding carboxylic acids is 1. The lowest BCUT2D eigenvalue weighted by atomic mass is 9.86.